The van der Waals surface area contributed by atoms with Gasteiger partial charge in [-0.2, -0.15) is 5.10 Å². The van der Waals surface area contributed by atoms with Gasteiger partial charge in [-0.15, -0.1) is 11.3 Å². The number of esters is 1. The number of ether oxygens (including phenoxy) is 2. The molecule has 2 aliphatic rings. The standard InChI is InChI=1S/C17H21N3O3S/c1-17(2)13-11(5-4-6-22-13)14(17)23-16(21)12-8-18-15(24-12)10-7-19-20(3)9-10/h7-9,11,13-14H,4-6H2,1-3H3/t11-,13+,14-/m1/s1. The van der Waals surface area contributed by atoms with E-state index in [0.29, 0.717) is 10.8 Å². The van der Waals surface area contributed by atoms with E-state index in [9.17, 15) is 4.79 Å². The number of aryl methyl sites for hydroxylation is 1. The van der Waals surface area contributed by atoms with Crippen molar-refractivity contribution in [3.8, 4) is 10.6 Å². The fourth-order valence-electron chi connectivity index (χ4n) is 3.92. The lowest BCUT2D eigenvalue weighted by molar-refractivity contribution is -0.243. The molecular formula is C17H21N3O3S. The molecule has 4 rings (SSSR count). The SMILES string of the molecule is Cn1cc(-c2ncc(C(=O)O[C@@H]3[C@@H]4CCCO[C@@H]4C3(C)C)s2)cn1. The Kier molecular flexibility index (Phi) is 3.73. The molecule has 3 heterocycles. The second-order valence-corrected chi connectivity index (χ2v) is 8.21. The van der Waals surface area contributed by atoms with Crippen molar-refractivity contribution >= 4 is 17.3 Å². The number of thiazole rings is 1. The first-order valence-corrected chi connectivity index (χ1v) is 9.06. The van der Waals surface area contributed by atoms with E-state index in [0.717, 1.165) is 30.0 Å². The van der Waals surface area contributed by atoms with Crippen LogP contribution in [0.1, 0.15) is 36.4 Å². The molecule has 1 saturated carbocycles. The average molecular weight is 347 g/mol. The second-order valence-electron chi connectivity index (χ2n) is 7.18. The van der Waals surface area contributed by atoms with E-state index < -0.39 is 0 Å². The molecule has 1 aliphatic carbocycles. The Hall–Kier alpha value is -1.73. The predicted octanol–water partition coefficient (Wildman–Crippen LogP) is 2.90. The van der Waals surface area contributed by atoms with Crippen LogP contribution in [0.4, 0.5) is 0 Å². The van der Waals surface area contributed by atoms with E-state index in [1.807, 2.05) is 13.2 Å². The predicted molar refractivity (Wildman–Crippen MR) is 89.8 cm³/mol. The topological polar surface area (TPSA) is 66.2 Å². The lowest BCUT2D eigenvalue weighted by atomic mass is 9.57. The van der Waals surface area contributed by atoms with Crippen LogP contribution < -0.4 is 0 Å². The summed E-state index contributed by atoms with van der Waals surface area (Å²) in [5.74, 6) is 0.0353. The van der Waals surface area contributed by atoms with Crippen molar-refractivity contribution in [3.63, 3.8) is 0 Å². The van der Waals surface area contributed by atoms with Crippen LogP contribution in [0.25, 0.3) is 10.6 Å². The Balaban J connectivity index is 1.48. The zero-order valence-corrected chi connectivity index (χ0v) is 14.9. The molecule has 0 radical (unpaired) electrons. The molecule has 2 aromatic rings. The first-order chi connectivity index (χ1) is 11.5. The van der Waals surface area contributed by atoms with Crippen molar-refractivity contribution in [2.45, 2.75) is 38.9 Å². The molecular weight excluding hydrogens is 326 g/mol. The Morgan fingerprint density at radius 3 is 3.04 bits per heavy atom. The molecule has 1 aliphatic heterocycles. The van der Waals surface area contributed by atoms with Crippen LogP contribution in [0.2, 0.25) is 0 Å². The smallest absolute Gasteiger partial charge is 0.350 e. The third-order valence-electron chi connectivity index (χ3n) is 5.12. The molecule has 0 N–H and O–H groups in total. The van der Waals surface area contributed by atoms with Gasteiger partial charge in [-0.3, -0.25) is 4.68 Å². The normalized spacial score (nSPS) is 28.0. The average Bonchev–Trinajstić information content (AvgIpc) is 3.21. The maximum absolute atomic E-state index is 12.5. The molecule has 3 atom stereocenters. The molecule has 0 bridgehead atoms. The summed E-state index contributed by atoms with van der Waals surface area (Å²) in [6.07, 6.45) is 7.44. The van der Waals surface area contributed by atoms with Crippen LogP contribution in [-0.2, 0) is 16.5 Å². The van der Waals surface area contributed by atoms with Crippen LogP contribution >= 0.6 is 11.3 Å². The molecule has 0 amide bonds. The zero-order chi connectivity index (χ0) is 16.9. The lowest BCUT2D eigenvalue weighted by Crippen LogP contribution is -2.65. The van der Waals surface area contributed by atoms with E-state index in [-0.39, 0.29) is 23.6 Å². The summed E-state index contributed by atoms with van der Waals surface area (Å²) in [6, 6.07) is 0. The summed E-state index contributed by atoms with van der Waals surface area (Å²) >= 11 is 1.34. The Morgan fingerprint density at radius 2 is 2.29 bits per heavy atom. The number of nitrogens with zero attached hydrogens (tertiary/aromatic N) is 3. The number of carbonyl (C=O) groups is 1. The van der Waals surface area contributed by atoms with Crippen molar-refractivity contribution in [3.05, 3.63) is 23.5 Å². The number of rotatable bonds is 3. The molecule has 2 aromatic heterocycles. The Bertz CT molecular complexity index is 767. The van der Waals surface area contributed by atoms with Crippen molar-refractivity contribution in [2.75, 3.05) is 6.61 Å². The lowest BCUT2D eigenvalue weighted by Gasteiger charge is -2.58. The number of hydrogen-bond acceptors (Lipinski definition) is 6. The molecule has 0 unspecified atom stereocenters. The minimum atomic E-state index is -0.287. The number of aromatic nitrogens is 3. The fraction of sp³-hybridized carbons (Fsp3) is 0.588. The Morgan fingerprint density at radius 1 is 1.46 bits per heavy atom. The van der Waals surface area contributed by atoms with Gasteiger partial charge >= 0.3 is 5.97 Å². The first kappa shape index (κ1) is 15.8. The summed E-state index contributed by atoms with van der Waals surface area (Å²) in [6.45, 7) is 5.05. The summed E-state index contributed by atoms with van der Waals surface area (Å²) in [4.78, 5) is 17.4. The third-order valence-corrected chi connectivity index (χ3v) is 6.14. The van der Waals surface area contributed by atoms with E-state index >= 15 is 0 Å². The molecule has 0 spiro atoms. The highest BCUT2D eigenvalue weighted by Crippen LogP contribution is 2.53. The molecule has 6 nitrogen and oxygen atoms in total. The number of carbonyl (C=O) groups excluding carboxylic acids is 1. The van der Waals surface area contributed by atoms with Crippen LogP contribution in [0.3, 0.4) is 0 Å². The highest BCUT2D eigenvalue weighted by Gasteiger charge is 2.60. The summed E-state index contributed by atoms with van der Waals surface area (Å²) < 4.78 is 13.4. The molecule has 7 heteroatoms. The molecule has 24 heavy (non-hydrogen) atoms. The maximum Gasteiger partial charge on any atom is 0.350 e. The fourth-order valence-corrected chi connectivity index (χ4v) is 4.70. The third kappa shape index (κ3) is 2.46. The van der Waals surface area contributed by atoms with Crippen molar-refractivity contribution in [1.82, 2.24) is 14.8 Å². The van der Waals surface area contributed by atoms with Gasteiger partial charge in [0, 0.05) is 36.7 Å². The van der Waals surface area contributed by atoms with Crippen LogP contribution in [0.5, 0.6) is 0 Å². The van der Waals surface area contributed by atoms with E-state index in [2.05, 4.69) is 23.9 Å². The van der Waals surface area contributed by atoms with Crippen LogP contribution in [0.15, 0.2) is 18.6 Å². The zero-order valence-electron chi connectivity index (χ0n) is 14.1. The minimum Gasteiger partial charge on any atom is -0.457 e. The quantitative estimate of drug-likeness (QED) is 0.799. The maximum atomic E-state index is 12.5. The van der Waals surface area contributed by atoms with Crippen LogP contribution in [0, 0.1) is 11.3 Å². The van der Waals surface area contributed by atoms with Gasteiger partial charge in [0.25, 0.3) is 0 Å². The number of fused-ring (bicyclic) bond motifs is 1. The van der Waals surface area contributed by atoms with Gasteiger partial charge in [-0.1, -0.05) is 13.8 Å². The molecule has 128 valence electrons. The van der Waals surface area contributed by atoms with Crippen molar-refractivity contribution < 1.29 is 14.3 Å². The summed E-state index contributed by atoms with van der Waals surface area (Å²) in [5, 5.41) is 4.91. The van der Waals surface area contributed by atoms with Gasteiger partial charge in [-0.05, 0) is 12.8 Å². The molecule has 1 saturated heterocycles. The molecule has 0 aromatic carbocycles. The Labute approximate surface area is 144 Å². The van der Waals surface area contributed by atoms with E-state index in [4.69, 9.17) is 9.47 Å². The highest BCUT2D eigenvalue weighted by molar-refractivity contribution is 7.16. The highest BCUT2D eigenvalue weighted by atomic mass is 32.1. The van der Waals surface area contributed by atoms with E-state index in [1.165, 1.54) is 11.3 Å². The minimum absolute atomic E-state index is 0.0840. The van der Waals surface area contributed by atoms with Gasteiger partial charge in [0.2, 0.25) is 0 Å². The van der Waals surface area contributed by atoms with Crippen molar-refractivity contribution in [1.29, 1.82) is 0 Å². The largest absolute Gasteiger partial charge is 0.457 e. The van der Waals surface area contributed by atoms with Gasteiger partial charge in [0.15, 0.2) is 0 Å². The van der Waals surface area contributed by atoms with Gasteiger partial charge in [-0.25, -0.2) is 9.78 Å². The first-order valence-electron chi connectivity index (χ1n) is 8.24. The molecule has 2 fully saturated rings. The van der Waals surface area contributed by atoms with Gasteiger partial charge in [0.05, 0.1) is 18.5 Å². The monoisotopic (exact) mass is 347 g/mol. The summed E-state index contributed by atoms with van der Waals surface area (Å²) in [7, 11) is 1.85. The number of hydrogen-bond donors (Lipinski definition) is 0. The van der Waals surface area contributed by atoms with Crippen molar-refractivity contribution in [2.24, 2.45) is 18.4 Å². The van der Waals surface area contributed by atoms with E-state index in [1.54, 1.807) is 17.1 Å². The summed E-state index contributed by atoms with van der Waals surface area (Å²) in [5.41, 5.74) is 0.781. The van der Waals surface area contributed by atoms with Crippen LogP contribution in [-0.4, -0.2) is 39.5 Å². The second kappa shape index (κ2) is 5.67. The van der Waals surface area contributed by atoms with Gasteiger partial charge in [0.1, 0.15) is 16.0 Å². The van der Waals surface area contributed by atoms with Gasteiger partial charge < -0.3 is 9.47 Å².